The van der Waals surface area contributed by atoms with Crippen molar-refractivity contribution in [3.63, 3.8) is 0 Å². The number of aryl methyl sites for hydroxylation is 1. The molecule has 1 spiro atoms. The molecule has 0 aromatic heterocycles. The van der Waals surface area contributed by atoms with Crippen molar-refractivity contribution < 1.29 is 37.3 Å². The second-order valence-electron chi connectivity index (χ2n) is 12.7. The highest BCUT2D eigenvalue weighted by atomic mass is 32.2. The van der Waals surface area contributed by atoms with Crippen LogP contribution < -0.4 is 0 Å². The molecule has 5 rings (SSSR count). The van der Waals surface area contributed by atoms with Crippen molar-refractivity contribution in [2.45, 2.75) is 108 Å². The molecule has 6 atom stereocenters. The topological polar surface area (TPSA) is 119 Å². The van der Waals surface area contributed by atoms with Gasteiger partial charge in [0.05, 0.1) is 17.4 Å². The number of aliphatic carboxylic acids is 1. The molecule has 3 saturated heterocycles. The molecule has 1 aliphatic carbocycles. The van der Waals surface area contributed by atoms with Crippen LogP contribution in [0, 0.1) is 30.1 Å². The van der Waals surface area contributed by atoms with Crippen LogP contribution in [0.5, 0.6) is 0 Å². The van der Waals surface area contributed by atoms with Gasteiger partial charge in [-0.3, -0.25) is 9.59 Å². The van der Waals surface area contributed by atoms with Crippen molar-refractivity contribution in [3.05, 3.63) is 29.8 Å². The maximum absolute atomic E-state index is 13.9. The van der Waals surface area contributed by atoms with E-state index in [9.17, 15) is 23.1 Å². The van der Waals surface area contributed by atoms with Gasteiger partial charge in [0, 0.05) is 50.8 Å². The first-order valence-corrected chi connectivity index (χ1v) is 17.1. The monoisotopic (exact) mass is 607 g/mol. The second-order valence-corrected chi connectivity index (χ2v) is 14.6. The van der Waals surface area contributed by atoms with Gasteiger partial charge in [-0.25, -0.2) is 8.42 Å². The number of fused-ring (bicyclic) bond motifs is 13. The molecule has 3 heterocycles. The summed E-state index contributed by atoms with van der Waals surface area (Å²) in [4.78, 5) is 25.6. The van der Waals surface area contributed by atoms with Gasteiger partial charge < -0.3 is 19.3 Å². The Morgan fingerprint density at radius 1 is 1.00 bits per heavy atom. The number of hydrogen-bond acceptors (Lipinski definition) is 7. The van der Waals surface area contributed by atoms with Crippen LogP contribution in [0.4, 0.5) is 0 Å². The van der Waals surface area contributed by atoms with Crippen LogP contribution >= 0.6 is 0 Å². The van der Waals surface area contributed by atoms with E-state index in [0.717, 1.165) is 63.4 Å². The normalized spacial score (nSPS) is 32.4. The average Bonchev–Trinajstić information content (AvgIpc) is 2.95. The molecule has 236 valence electrons. The quantitative estimate of drug-likeness (QED) is 0.433. The number of esters is 1. The van der Waals surface area contributed by atoms with E-state index in [0.29, 0.717) is 26.0 Å². The minimum absolute atomic E-state index is 0.140. The average molecular weight is 608 g/mol. The Labute approximate surface area is 251 Å². The summed E-state index contributed by atoms with van der Waals surface area (Å²) in [7, 11) is -2.21. The largest absolute Gasteiger partial charge is 0.481 e. The molecular formula is C32H49NO8S. The first-order valence-electron chi connectivity index (χ1n) is 15.7. The number of benzene rings is 1. The lowest BCUT2D eigenvalue weighted by Crippen LogP contribution is -2.59. The standard InChI is InChI=1S/C32H49NO8S/c1-23-12-14-25(15-13-23)42(37,38)33-18-11-9-7-5-4-6-8-10-17-32-21-27(31(35)36)26(16-19-33)30(41-24(2)34)28(32)20-29(39-3)40-22-32/h12-15,26-30H,4-11,16-22H2,1-3H3,(H,35,36)/t26-,27+,28+,29?,30-,32+/m1/s1. The first kappa shape index (κ1) is 32.9. The van der Waals surface area contributed by atoms with Gasteiger partial charge in [-0.1, -0.05) is 62.6 Å². The van der Waals surface area contributed by atoms with Crippen molar-refractivity contribution in [2.75, 3.05) is 26.8 Å². The number of methoxy groups -OCH3 is 1. The fourth-order valence-electron chi connectivity index (χ4n) is 7.55. The van der Waals surface area contributed by atoms with E-state index in [2.05, 4.69) is 0 Å². The van der Waals surface area contributed by atoms with E-state index in [4.69, 9.17) is 14.2 Å². The van der Waals surface area contributed by atoms with Crippen molar-refractivity contribution in [3.8, 4) is 0 Å². The lowest BCUT2D eigenvalue weighted by atomic mass is 9.54. The van der Waals surface area contributed by atoms with Gasteiger partial charge in [-0.05, 0) is 44.7 Å². The molecule has 1 aromatic rings. The third-order valence-corrected chi connectivity index (χ3v) is 11.7. The van der Waals surface area contributed by atoms with Gasteiger partial charge in [-0.2, -0.15) is 4.31 Å². The lowest BCUT2D eigenvalue weighted by molar-refractivity contribution is -0.249. The molecule has 42 heavy (non-hydrogen) atoms. The van der Waals surface area contributed by atoms with E-state index in [1.54, 1.807) is 31.4 Å². The van der Waals surface area contributed by atoms with Crippen molar-refractivity contribution in [2.24, 2.45) is 23.2 Å². The predicted molar refractivity (Wildman–Crippen MR) is 158 cm³/mol. The van der Waals surface area contributed by atoms with Gasteiger partial charge in [0.25, 0.3) is 0 Å². The minimum Gasteiger partial charge on any atom is -0.481 e. The molecule has 10 heteroatoms. The fourth-order valence-corrected chi connectivity index (χ4v) is 9.05. The Bertz CT molecular complexity index is 1160. The number of rotatable bonds is 5. The number of carbonyl (C=O) groups is 2. The second kappa shape index (κ2) is 14.6. The third kappa shape index (κ3) is 7.73. The lowest BCUT2D eigenvalue weighted by Gasteiger charge is -2.56. The summed E-state index contributed by atoms with van der Waals surface area (Å²) in [6.45, 7) is 4.16. The highest BCUT2D eigenvalue weighted by Gasteiger charge is 2.58. The number of sulfonamides is 1. The Balaban J connectivity index is 1.72. The summed E-state index contributed by atoms with van der Waals surface area (Å²) in [6, 6.07) is 6.86. The van der Waals surface area contributed by atoms with E-state index in [1.807, 2.05) is 6.92 Å². The molecule has 9 nitrogen and oxygen atoms in total. The molecule has 3 aliphatic heterocycles. The highest BCUT2D eigenvalue weighted by Crippen LogP contribution is 2.55. The molecule has 4 aliphatic rings. The number of carboxylic acid groups (broad SMARTS) is 1. The summed E-state index contributed by atoms with van der Waals surface area (Å²) < 4.78 is 46.9. The predicted octanol–water partition coefficient (Wildman–Crippen LogP) is 5.55. The van der Waals surface area contributed by atoms with Gasteiger partial charge in [-0.15, -0.1) is 0 Å². The Morgan fingerprint density at radius 3 is 2.26 bits per heavy atom. The number of carbonyl (C=O) groups excluding carboxylic acids is 1. The summed E-state index contributed by atoms with van der Waals surface area (Å²) in [5.41, 5.74) is 0.527. The van der Waals surface area contributed by atoms with Crippen molar-refractivity contribution in [1.29, 1.82) is 0 Å². The molecule has 1 unspecified atom stereocenters. The van der Waals surface area contributed by atoms with Crippen molar-refractivity contribution in [1.82, 2.24) is 4.31 Å². The summed E-state index contributed by atoms with van der Waals surface area (Å²) >= 11 is 0. The number of ether oxygens (including phenoxy) is 3. The third-order valence-electron chi connectivity index (χ3n) is 9.84. The van der Waals surface area contributed by atoms with E-state index in [1.165, 1.54) is 11.2 Å². The number of nitrogens with zero attached hydrogens (tertiary/aromatic N) is 1. The first-order chi connectivity index (χ1) is 20.1. The van der Waals surface area contributed by atoms with E-state index in [-0.39, 0.29) is 23.8 Å². The Kier molecular flexibility index (Phi) is 11.5. The maximum atomic E-state index is 13.9. The van der Waals surface area contributed by atoms with Gasteiger partial charge in [0.2, 0.25) is 10.0 Å². The molecule has 1 saturated carbocycles. The zero-order valence-electron chi connectivity index (χ0n) is 25.5. The van der Waals surface area contributed by atoms with E-state index < -0.39 is 51.6 Å². The van der Waals surface area contributed by atoms with Crippen LogP contribution in [0.25, 0.3) is 0 Å². The summed E-state index contributed by atoms with van der Waals surface area (Å²) in [5.74, 6) is -2.85. The van der Waals surface area contributed by atoms with Gasteiger partial charge >= 0.3 is 11.9 Å². The zero-order valence-corrected chi connectivity index (χ0v) is 26.3. The molecular weight excluding hydrogens is 558 g/mol. The highest BCUT2D eigenvalue weighted by molar-refractivity contribution is 7.89. The fraction of sp³-hybridized carbons (Fsp3) is 0.750. The minimum atomic E-state index is -3.80. The van der Waals surface area contributed by atoms with Crippen LogP contribution in [-0.2, 0) is 33.8 Å². The zero-order chi connectivity index (χ0) is 30.3. The van der Waals surface area contributed by atoms with Crippen molar-refractivity contribution >= 4 is 22.0 Å². The van der Waals surface area contributed by atoms with Crippen LogP contribution in [0.1, 0.15) is 89.5 Å². The number of hydrogen-bond donors (Lipinski definition) is 1. The van der Waals surface area contributed by atoms with Crippen LogP contribution in [0.3, 0.4) is 0 Å². The van der Waals surface area contributed by atoms with Gasteiger partial charge in [0.15, 0.2) is 6.29 Å². The van der Waals surface area contributed by atoms with Gasteiger partial charge in [0.1, 0.15) is 6.10 Å². The summed E-state index contributed by atoms with van der Waals surface area (Å²) in [5, 5.41) is 10.5. The molecule has 4 fully saturated rings. The Hall–Kier alpha value is -2.01. The molecule has 1 N–H and O–H groups in total. The maximum Gasteiger partial charge on any atom is 0.306 e. The smallest absolute Gasteiger partial charge is 0.306 e. The molecule has 1 aromatic carbocycles. The molecule has 0 radical (unpaired) electrons. The Morgan fingerprint density at radius 2 is 1.64 bits per heavy atom. The SMILES string of the molecule is COC1C[C@H]2[C@H](OC(C)=O)[C@@H]3CCN(S(=O)(=O)c4ccc(C)cc4)CCCCCCCCCC[C@@]2(CO1)C[C@@H]3C(=O)O. The molecule has 2 bridgehead atoms. The summed E-state index contributed by atoms with van der Waals surface area (Å²) in [6.07, 6.45) is 8.99. The van der Waals surface area contributed by atoms with E-state index >= 15 is 0 Å². The van der Waals surface area contributed by atoms with Crippen LogP contribution in [0.2, 0.25) is 0 Å². The van der Waals surface area contributed by atoms with Crippen LogP contribution in [-0.4, -0.2) is 69.0 Å². The van der Waals surface area contributed by atoms with Crippen LogP contribution in [0.15, 0.2) is 29.2 Å². The molecule has 0 amide bonds. The number of carboxylic acids is 1.